The number of amides is 1. The number of hydrogen-bond acceptors (Lipinski definition) is 4. The van der Waals surface area contributed by atoms with Crippen molar-refractivity contribution in [2.75, 3.05) is 11.4 Å². The normalized spacial score (nSPS) is 16.8. The first-order chi connectivity index (χ1) is 15.2. The Kier molecular flexibility index (Phi) is 4.50. The molecule has 1 aromatic carbocycles. The molecule has 1 aliphatic carbocycles. The maximum Gasteiger partial charge on any atom is 0.274 e. The van der Waals surface area contributed by atoms with Crippen LogP contribution in [0.1, 0.15) is 52.4 Å². The monoisotopic (exact) mass is 433 g/mol. The fraction of sp³-hybridized carbons (Fsp3) is 0.375. The first-order valence-electron chi connectivity index (χ1n) is 10.7. The second-order valence-electron chi connectivity index (χ2n) is 9.39. The molecular weight excluding hydrogens is 409 g/mol. The molecule has 3 aromatic rings. The van der Waals surface area contributed by atoms with E-state index in [1.165, 1.54) is 39.2 Å². The highest BCUT2D eigenvalue weighted by Crippen LogP contribution is 2.40. The van der Waals surface area contributed by atoms with Gasteiger partial charge in [0.1, 0.15) is 17.6 Å². The number of carbonyl (C=O) groups is 1. The predicted molar refractivity (Wildman–Crippen MR) is 116 cm³/mol. The van der Waals surface area contributed by atoms with E-state index in [1.54, 1.807) is 6.92 Å². The SMILES string of the molecule is Cc1nn(-c2cc(F)cc(N3CCn4c(cc5c4CC(C)(C)C5)C3=O)c2CO)cc1C#N. The van der Waals surface area contributed by atoms with Crippen LogP contribution < -0.4 is 4.90 Å². The Morgan fingerprint density at radius 1 is 1.22 bits per heavy atom. The van der Waals surface area contributed by atoms with Crippen LogP contribution >= 0.6 is 0 Å². The average Bonchev–Trinajstić information content (AvgIpc) is 3.37. The van der Waals surface area contributed by atoms with Gasteiger partial charge in [-0.15, -0.1) is 0 Å². The van der Waals surface area contributed by atoms with Gasteiger partial charge in [0.2, 0.25) is 0 Å². The molecule has 32 heavy (non-hydrogen) atoms. The van der Waals surface area contributed by atoms with Crippen LogP contribution in [0.15, 0.2) is 24.4 Å². The van der Waals surface area contributed by atoms with Gasteiger partial charge in [-0.05, 0) is 42.9 Å². The van der Waals surface area contributed by atoms with Gasteiger partial charge in [0.05, 0.1) is 29.2 Å². The number of aliphatic hydroxyl groups excluding tert-OH is 1. The fourth-order valence-corrected chi connectivity index (χ4v) is 5.05. The van der Waals surface area contributed by atoms with Crippen LogP contribution in [0.25, 0.3) is 5.69 Å². The third-order valence-corrected chi connectivity index (χ3v) is 6.51. The van der Waals surface area contributed by atoms with E-state index in [9.17, 15) is 19.6 Å². The van der Waals surface area contributed by atoms with Gasteiger partial charge in [-0.2, -0.15) is 10.4 Å². The molecule has 2 aromatic heterocycles. The van der Waals surface area contributed by atoms with E-state index in [0.29, 0.717) is 47.0 Å². The zero-order valence-electron chi connectivity index (χ0n) is 18.3. The van der Waals surface area contributed by atoms with Crippen LogP contribution in [0.3, 0.4) is 0 Å². The molecule has 0 saturated heterocycles. The summed E-state index contributed by atoms with van der Waals surface area (Å²) in [5, 5.41) is 23.7. The average molecular weight is 433 g/mol. The Labute approximate surface area is 185 Å². The lowest BCUT2D eigenvalue weighted by atomic mass is 9.90. The van der Waals surface area contributed by atoms with Crippen molar-refractivity contribution in [3.05, 3.63) is 64.0 Å². The summed E-state index contributed by atoms with van der Waals surface area (Å²) in [5.74, 6) is -0.749. The van der Waals surface area contributed by atoms with Crippen LogP contribution in [0.5, 0.6) is 0 Å². The van der Waals surface area contributed by atoms with Crippen LogP contribution in [-0.4, -0.2) is 31.9 Å². The minimum atomic E-state index is -0.545. The molecule has 0 unspecified atom stereocenters. The van der Waals surface area contributed by atoms with E-state index in [2.05, 4.69) is 29.6 Å². The lowest BCUT2D eigenvalue weighted by Crippen LogP contribution is -2.41. The molecule has 3 heterocycles. The fourth-order valence-electron chi connectivity index (χ4n) is 5.05. The summed E-state index contributed by atoms with van der Waals surface area (Å²) in [5.41, 5.74) is 5.12. The largest absolute Gasteiger partial charge is 0.392 e. The third kappa shape index (κ3) is 3.04. The standard InChI is InChI=1S/C24H24FN5O2/c1-14-16(11-26)12-30(27-14)20-8-17(25)7-19(18(20)13-31)29-5-4-28-21(23(29)32)6-15-9-24(2,3)10-22(15)28/h6-8,12,31H,4-5,9-10,13H2,1-3H3. The number of fused-ring (bicyclic) bond motifs is 3. The van der Waals surface area contributed by atoms with E-state index < -0.39 is 12.4 Å². The first kappa shape index (κ1) is 20.5. The number of benzene rings is 1. The molecule has 0 radical (unpaired) electrons. The molecule has 8 heteroatoms. The molecule has 0 bridgehead atoms. The van der Waals surface area contributed by atoms with Crippen LogP contribution in [-0.2, 0) is 26.0 Å². The van der Waals surface area contributed by atoms with Crippen molar-refractivity contribution in [1.82, 2.24) is 14.3 Å². The highest BCUT2D eigenvalue weighted by molar-refractivity contribution is 6.06. The number of hydrogen-bond donors (Lipinski definition) is 1. The molecule has 5 rings (SSSR count). The minimum Gasteiger partial charge on any atom is -0.392 e. The van der Waals surface area contributed by atoms with Gasteiger partial charge in [-0.3, -0.25) is 4.79 Å². The first-order valence-corrected chi connectivity index (χ1v) is 10.7. The molecule has 1 N–H and O–H groups in total. The lowest BCUT2D eigenvalue weighted by Gasteiger charge is -2.31. The summed E-state index contributed by atoms with van der Waals surface area (Å²) in [6.45, 7) is 6.74. The molecular formula is C24H24FN5O2. The number of aryl methyl sites for hydroxylation is 1. The number of nitriles is 1. The maximum atomic E-state index is 14.7. The van der Waals surface area contributed by atoms with E-state index in [0.717, 1.165) is 12.8 Å². The topological polar surface area (TPSA) is 87.1 Å². The van der Waals surface area contributed by atoms with Gasteiger partial charge < -0.3 is 14.6 Å². The van der Waals surface area contributed by atoms with Gasteiger partial charge >= 0.3 is 0 Å². The second-order valence-corrected chi connectivity index (χ2v) is 9.39. The molecule has 7 nitrogen and oxygen atoms in total. The van der Waals surface area contributed by atoms with Gasteiger partial charge in [-0.25, -0.2) is 9.07 Å². The molecule has 0 spiro atoms. The highest BCUT2D eigenvalue weighted by atomic mass is 19.1. The number of nitrogens with zero attached hydrogens (tertiary/aromatic N) is 5. The minimum absolute atomic E-state index is 0.193. The van der Waals surface area contributed by atoms with Crippen LogP contribution in [0.2, 0.25) is 0 Å². The Hall–Kier alpha value is -3.44. The summed E-state index contributed by atoms with van der Waals surface area (Å²) in [7, 11) is 0. The number of halogens is 1. The number of aromatic nitrogens is 3. The number of rotatable bonds is 3. The van der Waals surface area contributed by atoms with E-state index in [1.807, 2.05) is 6.07 Å². The van der Waals surface area contributed by atoms with Gasteiger partial charge in [-0.1, -0.05) is 13.8 Å². The molecule has 164 valence electrons. The van der Waals surface area contributed by atoms with Gasteiger partial charge in [0.15, 0.2) is 0 Å². The predicted octanol–water partition coefficient (Wildman–Crippen LogP) is 3.27. The zero-order chi connectivity index (χ0) is 22.8. The Morgan fingerprint density at radius 2 is 1.97 bits per heavy atom. The second kappa shape index (κ2) is 7.04. The van der Waals surface area contributed by atoms with Crippen molar-refractivity contribution < 1.29 is 14.3 Å². The summed E-state index contributed by atoms with van der Waals surface area (Å²) in [6, 6.07) is 6.56. The third-order valence-electron chi connectivity index (χ3n) is 6.51. The van der Waals surface area contributed by atoms with E-state index >= 15 is 0 Å². The summed E-state index contributed by atoms with van der Waals surface area (Å²) >= 11 is 0. The van der Waals surface area contributed by atoms with E-state index in [4.69, 9.17) is 0 Å². The number of carbonyl (C=O) groups excluding carboxylic acids is 1. The molecule has 0 saturated carbocycles. The number of anilines is 1. The van der Waals surface area contributed by atoms with Crippen molar-refractivity contribution in [3.63, 3.8) is 0 Å². The maximum absolute atomic E-state index is 14.7. The van der Waals surface area contributed by atoms with Crippen molar-refractivity contribution in [2.24, 2.45) is 5.41 Å². The lowest BCUT2D eigenvalue weighted by molar-refractivity contribution is 0.0963. The van der Waals surface area contributed by atoms with Crippen LogP contribution in [0, 0.1) is 29.5 Å². The number of aliphatic hydroxyl groups is 1. The van der Waals surface area contributed by atoms with Gasteiger partial charge in [0.25, 0.3) is 5.91 Å². The molecule has 1 amide bonds. The van der Waals surface area contributed by atoms with Crippen molar-refractivity contribution >= 4 is 11.6 Å². The smallest absolute Gasteiger partial charge is 0.274 e. The molecule has 0 atom stereocenters. The van der Waals surface area contributed by atoms with Crippen molar-refractivity contribution in [1.29, 1.82) is 5.26 Å². The Bertz CT molecular complexity index is 1310. The molecule has 0 fully saturated rings. The summed E-state index contributed by atoms with van der Waals surface area (Å²) < 4.78 is 18.2. The highest BCUT2D eigenvalue weighted by Gasteiger charge is 2.37. The van der Waals surface area contributed by atoms with Gasteiger partial charge in [0, 0.05) is 36.6 Å². The summed E-state index contributed by atoms with van der Waals surface area (Å²) in [6.07, 6.45) is 3.37. The summed E-state index contributed by atoms with van der Waals surface area (Å²) in [4.78, 5) is 15.0. The molecule has 1 aliphatic heterocycles. The van der Waals surface area contributed by atoms with Crippen molar-refractivity contribution in [3.8, 4) is 11.8 Å². The zero-order valence-corrected chi connectivity index (χ0v) is 18.3. The Morgan fingerprint density at radius 3 is 2.66 bits per heavy atom. The molecule has 2 aliphatic rings. The quantitative estimate of drug-likeness (QED) is 0.687. The van der Waals surface area contributed by atoms with E-state index in [-0.39, 0.29) is 11.3 Å². The Balaban J connectivity index is 1.58. The van der Waals surface area contributed by atoms with Crippen LogP contribution in [0.4, 0.5) is 10.1 Å². The van der Waals surface area contributed by atoms with Crippen molar-refractivity contribution in [2.45, 2.75) is 46.8 Å².